The number of para-hydroxylation sites is 2. The van der Waals surface area contributed by atoms with Crippen molar-refractivity contribution in [3.8, 4) is 0 Å². The third-order valence-corrected chi connectivity index (χ3v) is 6.16. The standard InChI is InChI=1S/C18H23N7O3S/c1-23-13-14(12-19-23)29(27,28)22-17-18(21-16-5-3-2-4-15(16)20-17)25-8-6-24(7-9-25)10-11-26/h2-5,12-13,26H,6-11H2,1H3,(H,20,22). The first-order valence-electron chi connectivity index (χ1n) is 9.33. The summed E-state index contributed by atoms with van der Waals surface area (Å²) >= 11 is 0. The fourth-order valence-electron chi connectivity index (χ4n) is 3.33. The molecule has 3 heterocycles. The molecule has 0 aliphatic carbocycles. The maximum absolute atomic E-state index is 12.8. The van der Waals surface area contributed by atoms with Crippen LogP contribution in [-0.4, -0.2) is 77.5 Å². The van der Waals surface area contributed by atoms with Gasteiger partial charge in [0.25, 0.3) is 10.0 Å². The monoisotopic (exact) mass is 417 g/mol. The topological polar surface area (TPSA) is 116 Å². The highest BCUT2D eigenvalue weighted by molar-refractivity contribution is 7.92. The molecule has 0 saturated carbocycles. The number of nitrogens with one attached hydrogen (secondary N) is 1. The molecule has 1 fully saturated rings. The number of nitrogens with zero attached hydrogens (tertiary/aromatic N) is 6. The van der Waals surface area contributed by atoms with Gasteiger partial charge in [0, 0.05) is 46.0 Å². The minimum Gasteiger partial charge on any atom is -0.395 e. The van der Waals surface area contributed by atoms with E-state index in [0.717, 1.165) is 13.1 Å². The van der Waals surface area contributed by atoms with Gasteiger partial charge in [-0.1, -0.05) is 12.1 Å². The van der Waals surface area contributed by atoms with E-state index in [0.29, 0.717) is 36.5 Å². The Labute approximate surface area is 168 Å². The molecule has 0 atom stereocenters. The Hall–Kier alpha value is -2.76. The number of aliphatic hydroxyl groups excluding tert-OH is 1. The smallest absolute Gasteiger partial charge is 0.266 e. The molecule has 2 aromatic heterocycles. The summed E-state index contributed by atoms with van der Waals surface area (Å²) in [6.07, 6.45) is 2.73. The molecule has 1 aromatic carbocycles. The van der Waals surface area contributed by atoms with Crippen LogP contribution in [0.5, 0.6) is 0 Å². The first-order valence-corrected chi connectivity index (χ1v) is 10.8. The van der Waals surface area contributed by atoms with Crippen molar-refractivity contribution in [3.63, 3.8) is 0 Å². The number of aryl methyl sites for hydroxylation is 1. The molecule has 1 aliphatic heterocycles. The van der Waals surface area contributed by atoms with Crippen molar-refractivity contribution >= 4 is 32.7 Å². The van der Waals surface area contributed by atoms with Gasteiger partial charge in [-0.3, -0.25) is 14.3 Å². The summed E-state index contributed by atoms with van der Waals surface area (Å²) in [7, 11) is -2.19. The van der Waals surface area contributed by atoms with Crippen LogP contribution in [0.3, 0.4) is 0 Å². The van der Waals surface area contributed by atoms with Gasteiger partial charge in [-0.05, 0) is 12.1 Å². The average molecular weight is 417 g/mol. The van der Waals surface area contributed by atoms with E-state index in [4.69, 9.17) is 10.1 Å². The molecule has 0 bridgehead atoms. The number of rotatable bonds is 6. The molecular weight excluding hydrogens is 394 g/mol. The second kappa shape index (κ2) is 7.93. The number of aliphatic hydroxyl groups is 1. The Morgan fingerprint density at radius 3 is 2.41 bits per heavy atom. The molecule has 0 amide bonds. The predicted molar refractivity (Wildman–Crippen MR) is 109 cm³/mol. The van der Waals surface area contributed by atoms with Gasteiger partial charge >= 0.3 is 0 Å². The van der Waals surface area contributed by atoms with E-state index in [1.54, 1.807) is 13.1 Å². The van der Waals surface area contributed by atoms with Crippen LogP contribution in [0.2, 0.25) is 0 Å². The third kappa shape index (κ3) is 4.16. The van der Waals surface area contributed by atoms with Crippen molar-refractivity contribution in [1.82, 2.24) is 24.6 Å². The van der Waals surface area contributed by atoms with Crippen LogP contribution >= 0.6 is 0 Å². The number of β-amino-alcohol motifs (C(OH)–C–C–N with tert-alkyl or cyclic N) is 1. The lowest BCUT2D eigenvalue weighted by atomic mass is 10.2. The van der Waals surface area contributed by atoms with Gasteiger partial charge in [0.05, 0.1) is 23.8 Å². The molecule has 10 nitrogen and oxygen atoms in total. The summed E-state index contributed by atoms with van der Waals surface area (Å²) in [6.45, 7) is 3.57. The first kappa shape index (κ1) is 19.6. The number of benzene rings is 1. The second-order valence-corrected chi connectivity index (χ2v) is 8.57. The largest absolute Gasteiger partial charge is 0.395 e. The number of hydrogen-bond donors (Lipinski definition) is 2. The Morgan fingerprint density at radius 2 is 1.79 bits per heavy atom. The highest BCUT2D eigenvalue weighted by atomic mass is 32.2. The zero-order valence-electron chi connectivity index (χ0n) is 16.1. The van der Waals surface area contributed by atoms with Crippen LogP contribution in [0, 0.1) is 0 Å². The molecule has 0 spiro atoms. The molecular formula is C18H23N7O3S. The van der Waals surface area contributed by atoms with E-state index in [2.05, 4.69) is 19.7 Å². The normalized spacial score (nSPS) is 15.7. The average Bonchev–Trinajstić information content (AvgIpc) is 3.16. The Morgan fingerprint density at radius 1 is 1.10 bits per heavy atom. The number of fused-ring (bicyclic) bond motifs is 1. The maximum Gasteiger partial charge on any atom is 0.266 e. The predicted octanol–water partition coefficient (Wildman–Crippen LogP) is 0.278. The summed E-state index contributed by atoms with van der Waals surface area (Å²) in [5, 5.41) is 13.1. The fourth-order valence-corrected chi connectivity index (χ4v) is 4.31. The van der Waals surface area contributed by atoms with E-state index in [1.807, 2.05) is 23.1 Å². The van der Waals surface area contributed by atoms with E-state index in [1.165, 1.54) is 17.1 Å². The minimum atomic E-state index is -3.85. The van der Waals surface area contributed by atoms with Gasteiger partial charge in [0.1, 0.15) is 4.90 Å². The quantitative estimate of drug-likeness (QED) is 0.587. The minimum absolute atomic E-state index is 0.0636. The van der Waals surface area contributed by atoms with Crippen molar-refractivity contribution in [2.24, 2.45) is 7.05 Å². The lowest BCUT2D eigenvalue weighted by Gasteiger charge is -2.35. The summed E-state index contributed by atoms with van der Waals surface area (Å²) in [5.41, 5.74) is 1.31. The molecule has 2 N–H and O–H groups in total. The molecule has 11 heteroatoms. The van der Waals surface area contributed by atoms with Crippen molar-refractivity contribution in [2.45, 2.75) is 4.90 Å². The van der Waals surface area contributed by atoms with Crippen molar-refractivity contribution in [2.75, 3.05) is 49.0 Å². The number of hydrogen-bond acceptors (Lipinski definition) is 8. The van der Waals surface area contributed by atoms with Gasteiger partial charge in [-0.25, -0.2) is 18.4 Å². The lowest BCUT2D eigenvalue weighted by Crippen LogP contribution is -2.47. The van der Waals surface area contributed by atoms with Gasteiger partial charge < -0.3 is 10.0 Å². The van der Waals surface area contributed by atoms with Crippen LogP contribution in [-0.2, 0) is 17.1 Å². The van der Waals surface area contributed by atoms with E-state index in [9.17, 15) is 8.42 Å². The number of piperazine rings is 1. The molecule has 4 rings (SSSR count). The zero-order valence-corrected chi connectivity index (χ0v) is 16.9. The Bertz CT molecular complexity index is 1110. The van der Waals surface area contributed by atoms with Gasteiger partial charge in [0.2, 0.25) is 0 Å². The van der Waals surface area contributed by atoms with Crippen LogP contribution in [0.25, 0.3) is 11.0 Å². The van der Waals surface area contributed by atoms with Crippen molar-refractivity contribution < 1.29 is 13.5 Å². The summed E-state index contributed by atoms with van der Waals surface area (Å²) in [4.78, 5) is 13.5. The number of anilines is 2. The van der Waals surface area contributed by atoms with Crippen molar-refractivity contribution in [1.29, 1.82) is 0 Å². The van der Waals surface area contributed by atoms with Crippen LogP contribution in [0.15, 0.2) is 41.6 Å². The molecule has 3 aromatic rings. The molecule has 0 unspecified atom stereocenters. The van der Waals surface area contributed by atoms with Gasteiger partial charge in [0.15, 0.2) is 11.6 Å². The summed E-state index contributed by atoms with van der Waals surface area (Å²) in [5.74, 6) is 0.697. The van der Waals surface area contributed by atoms with E-state index < -0.39 is 10.0 Å². The maximum atomic E-state index is 12.8. The van der Waals surface area contributed by atoms with Crippen molar-refractivity contribution in [3.05, 3.63) is 36.7 Å². The number of aromatic nitrogens is 4. The van der Waals surface area contributed by atoms with Crippen LogP contribution in [0.1, 0.15) is 0 Å². The summed E-state index contributed by atoms with van der Waals surface area (Å²) in [6, 6.07) is 7.36. The molecule has 154 valence electrons. The van der Waals surface area contributed by atoms with Gasteiger partial charge in [-0.15, -0.1) is 0 Å². The van der Waals surface area contributed by atoms with E-state index >= 15 is 0 Å². The highest BCUT2D eigenvalue weighted by Crippen LogP contribution is 2.28. The molecule has 29 heavy (non-hydrogen) atoms. The lowest BCUT2D eigenvalue weighted by molar-refractivity contribution is 0.188. The van der Waals surface area contributed by atoms with Crippen LogP contribution in [0.4, 0.5) is 11.6 Å². The highest BCUT2D eigenvalue weighted by Gasteiger charge is 2.25. The number of sulfonamides is 1. The first-order chi connectivity index (χ1) is 14.0. The second-order valence-electron chi connectivity index (χ2n) is 6.89. The fraction of sp³-hybridized carbons (Fsp3) is 0.389. The summed E-state index contributed by atoms with van der Waals surface area (Å²) < 4.78 is 29.7. The van der Waals surface area contributed by atoms with Gasteiger partial charge in [-0.2, -0.15) is 5.10 Å². The Balaban J connectivity index is 1.69. The molecule has 0 radical (unpaired) electrons. The molecule has 1 aliphatic rings. The Kier molecular flexibility index (Phi) is 5.35. The van der Waals surface area contributed by atoms with Crippen LogP contribution < -0.4 is 9.62 Å². The molecule has 1 saturated heterocycles. The SMILES string of the molecule is Cn1cc(S(=O)(=O)Nc2nc3ccccc3nc2N2CCN(CCO)CC2)cn1. The zero-order chi connectivity index (χ0) is 20.4. The van der Waals surface area contributed by atoms with E-state index in [-0.39, 0.29) is 17.3 Å². The third-order valence-electron chi connectivity index (χ3n) is 4.86.